The number of nitrogens with two attached hydrogens (primary N) is 1. The number of nitrogens with zero attached hydrogens (tertiary/aromatic N) is 7. The van der Waals surface area contributed by atoms with E-state index >= 15 is 4.39 Å². The molecule has 2 aliphatic heterocycles. The van der Waals surface area contributed by atoms with Crippen LogP contribution in [-0.2, 0) is 0 Å². The number of nitrogens with one attached hydrogen (secondary N) is 1. The van der Waals surface area contributed by atoms with Crippen LogP contribution < -0.4 is 16.0 Å². The minimum Gasteiger partial charge on any atom is -0.369 e. The van der Waals surface area contributed by atoms with Gasteiger partial charge in [0.15, 0.2) is 5.82 Å². The van der Waals surface area contributed by atoms with Crippen LogP contribution in [0.4, 0.5) is 27.7 Å². The third-order valence-electron chi connectivity index (χ3n) is 8.27. The van der Waals surface area contributed by atoms with Crippen LogP contribution in [0.15, 0.2) is 29.9 Å². The van der Waals surface area contributed by atoms with Gasteiger partial charge < -0.3 is 16.0 Å². The van der Waals surface area contributed by atoms with Crippen molar-refractivity contribution in [2.75, 3.05) is 35.6 Å². The van der Waals surface area contributed by atoms with Crippen LogP contribution in [0.25, 0.3) is 16.0 Å². The molecule has 9 nitrogen and oxygen atoms in total. The zero-order valence-electron chi connectivity index (χ0n) is 20.8. The number of thiophene rings is 1. The fourth-order valence-electron chi connectivity index (χ4n) is 6.46. The average molecular weight is 520 g/mol. The van der Waals surface area contributed by atoms with Crippen molar-refractivity contribution < 1.29 is 4.39 Å². The summed E-state index contributed by atoms with van der Waals surface area (Å²) in [4.78, 5) is 18.0. The first-order chi connectivity index (χ1) is 18.0. The molecule has 11 heteroatoms. The highest BCUT2D eigenvalue weighted by Gasteiger charge is 2.41. The first kappa shape index (κ1) is 22.9. The number of benzene rings is 1. The quantitative estimate of drug-likeness (QED) is 0.398. The van der Waals surface area contributed by atoms with Crippen LogP contribution in [0.5, 0.6) is 0 Å². The van der Waals surface area contributed by atoms with Gasteiger partial charge in [-0.05, 0) is 74.1 Å². The Kier molecular flexibility index (Phi) is 5.51. The molecule has 3 N–H and O–H groups in total. The Hall–Kier alpha value is -3.31. The molecule has 2 atom stereocenters. The minimum atomic E-state index is -0.248. The molecule has 3 fully saturated rings. The third kappa shape index (κ3) is 4.00. The smallest absolute Gasteiger partial charge is 0.248 e. The molecule has 1 aliphatic carbocycles. The SMILES string of the molecule is Cc1csc2c(-n3nc(Nc4ccc(N5CCC(N6CC7CCC6C7)CC5)c(F)c4)nc3N)ncnc12. The maximum absolute atomic E-state index is 15.2. The number of hydrogen-bond donors (Lipinski definition) is 2. The number of aryl methyl sites for hydroxylation is 1. The van der Waals surface area contributed by atoms with Crippen LogP contribution in [0.2, 0.25) is 0 Å². The zero-order valence-corrected chi connectivity index (χ0v) is 21.6. The number of hydrogen-bond acceptors (Lipinski definition) is 9. The fraction of sp³-hybridized carbons (Fsp3) is 0.462. The molecule has 2 unspecified atom stereocenters. The lowest BCUT2D eigenvalue weighted by molar-refractivity contribution is 0.128. The highest BCUT2D eigenvalue weighted by Crippen LogP contribution is 2.40. The molecule has 0 radical (unpaired) electrons. The second kappa shape index (κ2) is 8.91. The normalized spacial score (nSPS) is 22.4. The van der Waals surface area contributed by atoms with Gasteiger partial charge in [-0.3, -0.25) is 4.90 Å². The molecular formula is C26H30FN9S. The van der Waals surface area contributed by atoms with E-state index in [4.69, 9.17) is 5.73 Å². The lowest BCUT2D eigenvalue weighted by Crippen LogP contribution is -2.48. The van der Waals surface area contributed by atoms with E-state index in [1.807, 2.05) is 24.4 Å². The summed E-state index contributed by atoms with van der Waals surface area (Å²) >= 11 is 1.54. The number of nitrogen functional groups attached to an aromatic ring is 1. The fourth-order valence-corrected chi connectivity index (χ4v) is 7.44. The van der Waals surface area contributed by atoms with Crippen molar-refractivity contribution >= 4 is 44.8 Å². The molecule has 4 aromatic rings. The van der Waals surface area contributed by atoms with Crippen LogP contribution >= 0.6 is 11.3 Å². The van der Waals surface area contributed by atoms with Gasteiger partial charge in [-0.15, -0.1) is 16.4 Å². The van der Waals surface area contributed by atoms with E-state index in [0.29, 0.717) is 23.2 Å². The van der Waals surface area contributed by atoms with E-state index in [1.54, 1.807) is 0 Å². The molecule has 37 heavy (non-hydrogen) atoms. The minimum absolute atomic E-state index is 0.194. The van der Waals surface area contributed by atoms with Gasteiger partial charge in [0.25, 0.3) is 0 Å². The lowest BCUT2D eigenvalue weighted by Gasteiger charge is -2.41. The number of piperidine rings is 2. The van der Waals surface area contributed by atoms with Crippen LogP contribution in [-0.4, -0.2) is 61.4 Å². The van der Waals surface area contributed by atoms with Crippen molar-refractivity contribution in [1.29, 1.82) is 0 Å². The first-order valence-corrected chi connectivity index (χ1v) is 13.9. The number of likely N-dealkylation sites (tertiary alicyclic amines) is 1. The highest BCUT2D eigenvalue weighted by molar-refractivity contribution is 7.17. The van der Waals surface area contributed by atoms with Gasteiger partial charge in [-0.25, -0.2) is 14.4 Å². The predicted molar refractivity (Wildman–Crippen MR) is 144 cm³/mol. The molecule has 3 aliphatic rings. The highest BCUT2D eigenvalue weighted by atomic mass is 32.1. The van der Waals surface area contributed by atoms with Crippen molar-refractivity contribution in [3.63, 3.8) is 0 Å². The van der Waals surface area contributed by atoms with Gasteiger partial charge >= 0.3 is 0 Å². The standard InChI is InChI=1S/C26H30FN9S/c1-15-13-37-23-22(15)29-14-30-24(23)36-25(28)32-26(33-36)31-17-3-5-21(20(27)11-17)34-8-6-18(7-9-34)35-12-16-2-4-19(35)10-16/h3,5,11,13-14,16,18-19H,2,4,6-10,12H2,1H3,(H3,28,31,32,33). The summed E-state index contributed by atoms with van der Waals surface area (Å²) in [7, 11) is 0. The van der Waals surface area contributed by atoms with Crippen molar-refractivity contribution in [2.45, 2.75) is 51.1 Å². The van der Waals surface area contributed by atoms with E-state index in [2.05, 4.69) is 35.2 Å². The summed E-state index contributed by atoms with van der Waals surface area (Å²) in [5.41, 5.74) is 9.33. The van der Waals surface area contributed by atoms with Gasteiger partial charge in [0.1, 0.15) is 12.1 Å². The first-order valence-electron chi connectivity index (χ1n) is 13.0. The van der Waals surface area contributed by atoms with Crippen molar-refractivity contribution in [3.8, 4) is 5.82 Å². The summed E-state index contributed by atoms with van der Waals surface area (Å²) in [6.45, 7) is 5.05. The largest absolute Gasteiger partial charge is 0.369 e. The van der Waals surface area contributed by atoms with E-state index in [9.17, 15) is 0 Å². The number of rotatable bonds is 5. The van der Waals surface area contributed by atoms with Crippen molar-refractivity contribution in [2.24, 2.45) is 5.92 Å². The van der Waals surface area contributed by atoms with Gasteiger partial charge in [-0.2, -0.15) is 9.67 Å². The topological polar surface area (TPSA) is 101 Å². The zero-order chi connectivity index (χ0) is 25.1. The summed E-state index contributed by atoms with van der Waals surface area (Å²) in [5.74, 6) is 1.72. The molecule has 2 bridgehead atoms. The molecule has 2 saturated heterocycles. The summed E-state index contributed by atoms with van der Waals surface area (Å²) in [6.07, 6.45) is 7.86. The summed E-state index contributed by atoms with van der Waals surface area (Å²) in [5, 5.41) is 9.60. The van der Waals surface area contributed by atoms with Gasteiger partial charge in [0.05, 0.1) is 15.9 Å². The maximum atomic E-state index is 15.2. The molecule has 5 heterocycles. The Balaban J connectivity index is 1.04. The van der Waals surface area contributed by atoms with Crippen LogP contribution in [0.3, 0.4) is 0 Å². The van der Waals surface area contributed by atoms with E-state index in [1.165, 1.54) is 54.2 Å². The summed E-state index contributed by atoms with van der Waals surface area (Å²) in [6, 6.07) is 6.66. The molecule has 192 valence electrons. The Morgan fingerprint density at radius 3 is 2.73 bits per heavy atom. The Labute approximate surface area is 218 Å². The Morgan fingerprint density at radius 2 is 1.97 bits per heavy atom. The lowest BCUT2D eigenvalue weighted by atomic mass is 9.99. The predicted octanol–water partition coefficient (Wildman–Crippen LogP) is 4.50. The average Bonchev–Trinajstić information content (AvgIpc) is 3.69. The number of fused-ring (bicyclic) bond motifs is 3. The number of aromatic nitrogens is 5. The second-order valence-electron chi connectivity index (χ2n) is 10.5. The van der Waals surface area contributed by atoms with Crippen molar-refractivity contribution in [3.05, 3.63) is 41.3 Å². The molecular weight excluding hydrogens is 489 g/mol. The molecule has 1 saturated carbocycles. The van der Waals surface area contributed by atoms with Crippen molar-refractivity contribution in [1.82, 2.24) is 29.6 Å². The third-order valence-corrected chi connectivity index (χ3v) is 9.36. The van der Waals surface area contributed by atoms with E-state index in [-0.39, 0.29) is 17.7 Å². The Morgan fingerprint density at radius 1 is 1.11 bits per heavy atom. The number of anilines is 4. The van der Waals surface area contributed by atoms with E-state index < -0.39 is 0 Å². The molecule has 3 aromatic heterocycles. The monoisotopic (exact) mass is 519 g/mol. The van der Waals surface area contributed by atoms with Gasteiger partial charge in [-0.1, -0.05) is 0 Å². The molecule has 0 amide bonds. The second-order valence-corrected chi connectivity index (χ2v) is 11.4. The van der Waals surface area contributed by atoms with Gasteiger partial charge in [0.2, 0.25) is 11.9 Å². The van der Waals surface area contributed by atoms with Crippen LogP contribution in [0.1, 0.15) is 37.7 Å². The van der Waals surface area contributed by atoms with Crippen LogP contribution in [0, 0.1) is 18.7 Å². The summed E-state index contributed by atoms with van der Waals surface area (Å²) < 4.78 is 17.6. The van der Waals surface area contributed by atoms with Gasteiger partial charge in [0, 0.05) is 37.4 Å². The van der Waals surface area contributed by atoms with E-state index in [0.717, 1.165) is 53.7 Å². The molecule has 7 rings (SSSR count). The molecule has 1 aromatic carbocycles. The number of halogens is 1. The maximum Gasteiger partial charge on any atom is 0.248 e. The Bertz CT molecular complexity index is 1460. The molecule has 0 spiro atoms.